The summed E-state index contributed by atoms with van der Waals surface area (Å²) in [4.78, 5) is 11.0. The largest absolute Gasteiger partial charge is 0.475 e. The van der Waals surface area contributed by atoms with Gasteiger partial charge >= 0.3 is 0 Å². The summed E-state index contributed by atoms with van der Waals surface area (Å²) < 4.78 is 5.60. The van der Waals surface area contributed by atoms with E-state index in [0.717, 1.165) is 6.54 Å². The fraction of sp³-hybridized carbons (Fsp3) is 0.733. The van der Waals surface area contributed by atoms with Crippen LogP contribution in [-0.2, 0) is 0 Å². The first kappa shape index (κ1) is 15.0. The minimum absolute atomic E-state index is 0.126. The van der Waals surface area contributed by atoms with Crippen molar-refractivity contribution < 1.29 is 4.74 Å². The number of hydrogen-bond acceptors (Lipinski definition) is 5. The molecule has 0 amide bonds. The van der Waals surface area contributed by atoms with Crippen molar-refractivity contribution >= 4 is 5.95 Å². The van der Waals surface area contributed by atoms with Gasteiger partial charge in [-0.25, -0.2) is 4.98 Å². The Labute approximate surface area is 121 Å². The van der Waals surface area contributed by atoms with Crippen molar-refractivity contribution in [2.45, 2.75) is 51.2 Å². The van der Waals surface area contributed by atoms with Gasteiger partial charge in [0.05, 0.1) is 6.10 Å². The van der Waals surface area contributed by atoms with Crippen LogP contribution in [0.15, 0.2) is 12.3 Å². The standard InChI is InChI=1S/C15H26N4O/c1-12(2)20-13-7-10-16-14(18-13)17-11-15(19(3)4)8-5-6-9-15/h7,10,12H,5-6,8-9,11H2,1-4H3,(H,16,17,18). The SMILES string of the molecule is CC(C)Oc1ccnc(NCC2(N(C)C)CCCC2)n1. The monoisotopic (exact) mass is 278 g/mol. The second-order valence-corrected chi connectivity index (χ2v) is 6.06. The van der Waals surface area contributed by atoms with E-state index in [2.05, 4.69) is 34.3 Å². The number of nitrogens with zero attached hydrogens (tertiary/aromatic N) is 3. The number of rotatable bonds is 6. The van der Waals surface area contributed by atoms with Gasteiger partial charge in [-0.05, 0) is 40.8 Å². The Morgan fingerprint density at radius 1 is 1.35 bits per heavy atom. The molecule has 0 radical (unpaired) electrons. The molecule has 112 valence electrons. The van der Waals surface area contributed by atoms with Gasteiger partial charge in [-0.15, -0.1) is 0 Å². The van der Waals surface area contributed by atoms with Crippen molar-refractivity contribution in [3.8, 4) is 5.88 Å². The zero-order chi connectivity index (χ0) is 14.6. The van der Waals surface area contributed by atoms with E-state index in [0.29, 0.717) is 11.8 Å². The maximum atomic E-state index is 5.60. The number of nitrogens with one attached hydrogen (secondary N) is 1. The minimum Gasteiger partial charge on any atom is -0.475 e. The molecule has 0 atom stereocenters. The quantitative estimate of drug-likeness (QED) is 0.866. The predicted octanol–water partition coefficient (Wildman–Crippen LogP) is 2.55. The molecule has 1 aliphatic carbocycles. The molecule has 0 unspecified atom stereocenters. The summed E-state index contributed by atoms with van der Waals surface area (Å²) in [6.07, 6.45) is 6.93. The Kier molecular flexibility index (Phi) is 4.81. The summed E-state index contributed by atoms with van der Waals surface area (Å²) in [5, 5.41) is 3.38. The molecule has 1 saturated carbocycles. The maximum absolute atomic E-state index is 5.60. The van der Waals surface area contributed by atoms with Gasteiger partial charge < -0.3 is 15.0 Å². The predicted molar refractivity (Wildman–Crippen MR) is 81.2 cm³/mol. The van der Waals surface area contributed by atoms with Crippen molar-refractivity contribution in [1.82, 2.24) is 14.9 Å². The van der Waals surface area contributed by atoms with Gasteiger partial charge in [-0.1, -0.05) is 12.8 Å². The summed E-state index contributed by atoms with van der Waals surface area (Å²) in [6.45, 7) is 4.87. The first-order valence-corrected chi connectivity index (χ1v) is 7.43. The summed E-state index contributed by atoms with van der Waals surface area (Å²) in [5.41, 5.74) is 0.234. The summed E-state index contributed by atoms with van der Waals surface area (Å²) >= 11 is 0. The van der Waals surface area contributed by atoms with E-state index in [9.17, 15) is 0 Å². The van der Waals surface area contributed by atoms with Crippen LogP contribution < -0.4 is 10.1 Å². The first-order valence-electron chi connectivity index (χ1n) is 7.43. The van der Waals surface area contributed by atoms with Crippen LogP contribution in [0.4, 0.5) is 5.95 Å². The van der Waals surface area contributed by atoms with Gasteiger partial charge in [0.2, 0.25) is 11.8 Å². The topological polar surface area (TPSA) is 50.3 Å². The molecule has 1 aromatic heterocycles. The molecule has 1 heterocycles. The average molecular weight is 278 g/mol. The lowest BCUT2D eigenvalue weighted by atomic mass is 9.96. The van der Waals surface area contributed by atoms with Crippen molar-refractivity contribution in [3.05, 3.63) is 12.3 Å². The number of aromatic nitrogens is 2. The van der Waals surface area contributed by atoms with E-state index in [1.807, 2.05) is 13.8 Å². The number of likely N-dealkylation sites (N-methyl/N-ethyl adjacent to an activating group) is 1. The van der Waals surface area contributed by atoms with Crippen molar-refractivity contribution in [2.24, 2.45) is 0 Å². The maximum Gasteiger partial charge on any atom is 0.226 e. The highest BCUT2D eigenvalue weighted by Gasteiger charge is 2.35. The Hall–Kier alpha value is -1.36. The van der Waals surface area contributed by atoms with Crippen LogP contribution >= 0.6 is 0 Å². The lowest BCUT2D eigenvalue weighted by molar-refractivity contribution is 0.172. The molecule has 2 rings (SSSR count). The van der Waals surface area contributed by atoms with E-state index in [1.165, 1.54) is 25.7 Å². The molecule has 5 nitrogen and oxygen atoms in total. The fourth-order valence-electron chi connectivity index (χ4n) is 2.79. The molecule has 1 aliphatic rings. The Morgan fingerprint density at radius 2 is 2.05 bits per heavy atom. The van der Waals surface area contributed by atoms with Gasteiger partial charge in [0.1, 0.15) is 0 Å². The molecule has 5 heteroatoms. The second-order valence-electron chi connectivity index (χ2n) is 6.06. The summed E-state index contributed by atoms with van der Waals surface area (Å²) in [7, 11) is 4.32. The number of ether oxygens (including phenoxy) is 1. The molecule has 1 aromatic rings. The van der Waals surface area contributed by atoms with Gasteiger partial charge in [0, 0.05) is 24.3 Å². The van der Waals surface area contributed by atoms with Crippen LogP contribution in [0, 0.1) is 0 Å². The molecule has 1 N–H and O–H groups in total. The van der Waals surface area contributed by atoms with Crippen molar-refractivity contribution in [3.63, 3.8) is 0 Å². The fourth-order valence-corrected chi connectivity index (χ4v) is 2.79. The van der Waals surface area contributed by atoms with E-state index >= 15 is 0 Å². The van der Waals surface area contributed by atoms with Crippen LogP contribution in [0.25, 0.3) is 0 Å². The van der Waals surface area contributed by atoms with Gasteiger partial charge in [-0.3, -0.25) is 0 Å². The van der Waals surface area contributed by atoms with E-state index in [4.69, 9.17) is 4.74 Å². The average Bonchev–Trinajstić information content (AvgIpc) is 2.86. The third-order valence-corrected chi connectivity index (χ3v) is 4.04. The smallest absolute Gasteiger partial charge is 0.226 e. The third-order valence-electron chi connectivity index (χ3n) is 4.04. The van der Waals surface area contributed by atoms with Crippen LogP contribution in [0.1, 0.15) is 39.5 Å². The van der Waals surface area contributed by atoms with Crippen molar-refractivity contribution in [1.29, 1.82) is 0 Å². The van der Waals surface area contributed by atoms with Gasteiger partial charge in [0.25, 0.3) is 0 Å². The highest BCUT2D eigenvalue weighted by atomic mass is 16.5. The molecule has 20 heavy (non-hydrogen) atoms. The number of hydrogen-bond donors (Lipinski definition) is 1. The summed E-state index contributed by atoms with van der Waals surface area (Å²) in [5.74, 6) is 1.28. The lowest BCUT2D eigenvalue weighted by Gasteiger charge is -2.36. The second kappa shape index (κ2) is 6.39. The lowest BCUT2D eigenvalue weighted by Crippen LogP contribution is -2.47. The van der Waals surface area contributed by atoms with Crippen LogP contribution in [0.3, 0.4) is 0 Å². The highest BCUT2D eigenvalue weighted by molar-refractivity contribution is 5.28. The Morgan fingerprint density at radius 3 is 2.65 bits per heavy atom. The van der Waals surface area contributed by atoms with Crippen LogP contribution in [0.5, 0.6) is 5.88 Å². The zero-order valence-corrected chi connectivity index (χ0v) is 13.0. The van der Waals surface area contributed by atoms with Gasteiger partial charge in [0.15, 0.2) is 0 Å². The Balaban J connectivity index is 1.99. The normalized spacial score (nSPS) is 17.7. The number of anilines is 1. The molecular weight excluding hydrogens is 252 g/mol. The van der Waals surface area contributed by atoms with E-state index in [1.54, 1.807) is 12.3 Å². The molecule has 1 fully saturated rings. The van der Waals surface area contributed by atoms with Crippen LogP contribution in [-0.4, -0.2) is 47.2 Å². The molecule has 0 saturated heterocycles. The zero-order valence-electron chi connectivity index (χ0n) is 13.0. The van der Waals surface area contributed by atoms with Crippen molar-refractivity contribution in [2.75, 3.05) is 26.0 Å². The molecule has 0 spiro atoms. The first-order chi connectivity index (χ1) is 9.52. The highest BCUT2D eigenvalue weighted by Crippen LogP contribution is 2.33. The molecular formula is C15H26N4O. The van der Waals surface area contributed by atoms with Gasteiger partial charge in [-0.2, -0.15) is 4.98 Å². The minimum atomic E-state index is 0.126. The third kappa shape index (κ3) is 3.60. The molecule has 0 bridgehead atoms. The van der Waals surface area contributed by atoms with E-state index in [-0.39, 0.29) is 11.6 Å². The molecule has 0 aliphatic heterocycles. The molecule has 0 aromatic carbocycles. The van der Waals surface area contributed by atoms with Crippen LogP contribution in [0.2, 0.25) is 0 Å². The Bertz CT molecular complexity index is 428. The summed E-state index contributed by atoms with van der Waals surface area (Å²) in [6, 6.07) is 1.79. The van der Waals surface area contributed by atoms with E-state index < -0.39 is 0 Å².